The van der Waals surface area contributed by atoms with Crippen LogP contribution in [0, 0.1) is 0 Å². The average Bonchev–Trinajstić information content (AvgIpc) is 2.88. The highest BCUT2D eigenvalue weighted by molar-refractivity contribution is 5.95. The van der Waals surface area contributed by atoms with Gasteiger partial charge in [0.05, 0.1) is 6.04 Å². The molecular weight excluding hydrogens is 234 g/mol. The summed E-state index contributed by atoms with van der Waals surface area (Å²) >= 11 is 0. The van der Waals surface area contributed by atoms with E-state index >= 15 is 0 Å². The lowest BCUT2D eigenvalue weighted by Crippen LogP contribution is -2.31. The summed E-state index contributed by atoms with van der Waals surface area (Å²) in [6, 6.07) is 19.1. The summed E-state index contributed by atoms with van der Waals surface area (Å²) in [4.78, 5) is 4.77. The lowest BCUT2D eigenvalue weighted by atomic mass is 9.87. The van der Waals surface area contributed by atoms with Gasteiger partial charge in [0.25, 0.3) is 0 Å². The Balaban J connectivity index is 1.64. The molecule has 2 atom stereocenters. The fraction of sp³-hybridized carbons (Fsp3) is 0.235. The number of ether oxygens (including phenoxy) is 1. The molecule has 94 valence electrons. The second-order valence-electron chi connectivity index (χ2n) is 5.20. The van der Waals surface area contributed by atoms with Crippen LogP contribution in [0.3, 0.4) is 0 Å². The van der Waals surface area contributed by atoms with E-state index in [9.17, 15) is 0 Å². The van der Waals surface area contributed by atoms with Gasteiger partial charge in [0.2, 0.25) is 5.90 Å². The van der Waals surface area contributed by atoms with Crippen LogP contribution in [0.15, 0.2) is 59.6 Å². The maximum atomic E-state index is 6.06. The van der Waals surface area contributed by atoms with E-state index in [2.05, 4.69) is 36.4 Å². The Labute approximate surface area is 112 Å². The predicted octanol–water partition coefficient (Wildman–Crippen LogP) is 3.00. The first-order valence-electron chi connectivity index (χ1n) is 6.77. The molecule has 1 aliphatic carbocycles. The quantitative estimate of drug-likeness (QED) is 0.761. The van der Waals surface area contributed by atoms with E-state index in [0.29, 0.717) is 0 Å². The fourth-order valence-electron chi connectivity index (χ4n) is 2.96. The number of rotatable bonds is 1. The number of benzene rings is 2. The number of fused-ring (bicyclic) bond motifs is 2. The van der Waals surface area contributed by atoms with Gasteiger partial charge in [-0.3, -0.25) is 0 Å². The summed E-state index contributed by atoms with van der Waals surface area (Å²) in [5.74, 6) is 0.809. The smallest absolute Gasteiger partial charge is 0.216 e. The van der Waals surface area contributed by atoms with Crippen molar-refractivity contribution in [3.8, 4) is 0 Å². The molecule has 2 nitrogen and oxygen atoms in total. The molecule has 0 radical (unpaired) electrons. The van der Waals surface area contributed by atoms with Crippen molar-refractivity contribution in [3.63, 3.8) is 0 Å². The number of aliphatic imine (C=N–C) groups is 1. The molecule has 2 aromatic rings. The third-order valence-corrected chi connectivity index (χ3v) is 3.96. The second kappa shape index (κ2) is 4.23. The fourth-order valence-corrected chi connectivity index (χ4v) is 2.96. The Morgan fingerprint density at radius 3 is 2.32 bits per heavy atom. The molecule has 2 heteroatoms. The van der Waals surface area contributed by atoms with Gasteiger partial charge in [0, 0.05) is 12.0 Å². The average molecular weight is 249 g/mol. The summed E-state index contributed by atoms with van der Waals surface area (Å²) in [7, 11) is 0. The molecule has 1 aliphatic heterocycles. The largest absolute Gasteiger partial charge is 0.472 e. The van der Waals surface area contributed by atoms with Crippen molar-refractivity contribution < 1.29 is 4.74 Å². The second-order valence-corrected chi connectivity index (χ2v) is 5.20. The molecule has 2 aromatic carbocycles. The minimum Gasteiger partial charge on any atom is -0.472 e. The lowest BCUT2D eigenvalue weighted by Gasteiger charge is -2.25. The summed E-state index contributed by atoms with van der Waals surface area (Å²) in [6.45, 7) is 0. The van der Waals surface area contributed by atoms with Gasteiger partial charge in [0.15, 0.2) is 0 Å². The Morgan fingerprint density at radius 2 is 1.53 bits per heavy atom. The summed E-state index contributed by atoms with van der Waals surface area (Å²) in [5, 5.41) is 0. The summed E-state index contributed by atoms with van der Waals surface area (Å²) in [5.41, 5.74) is 3.92. The first-order valence-corrected chi connectivity index (χ1v) is 6.77. The van der Waals surface area contributed by atoms with Crippen LogP contribution in [0.5, 0.6) is 0 Å². The van der Waals surface area contributed by atoms with E-state index in [0.717, 1.165) is 24.3 Å². The minimum absolute atomic E-state index is 0.213. The zero-order valence-corrected chi connectivity index (χ0v) is 10.6. The SMILES string of the molecule is c1ccc(C2=N[C@@H]3Cc4ccccc4C[C@H]3O2)cc1. The maximum Gasteiger partial charge on any atom is 0.216 e. The maximum absolute atomic E-state index is 6.06. The van der Waals surface area contributed by atoms with Gasteiger partial charge in [-0.25, -0.2) is 4.99 Å². The van der Waals surface area contributed by atoms with Gasteiger partial charge in [-0.2, -0.15) is 0 Å². The third kappa shape index (κ3) is 1.84. The zero-order chi connectivity index (χ0) is 12.7. The Morgan fingerprint density at radius 1 is 0.842 bits per heavy atom. The molecule has 0 saturated carbocycles. The van der Waals surface area contributed by atoms with Gasteiger partial charge in [-0.15, -0.1) is 0 Å². The molecule has 0 bridgehead atoms. The Kier molecular flexibility index (Phi) is 2.41. The topological polar surface area (TPSA) is 21.6 Å². The van der Waals surface area contributed by atoms with Crippen molar-refractivity contribution in [1.82, 2.24) is 0 Å². The van der Waals surface area contributed by atoms with Gasteiger partial charge < -0.3 is 4.74 Å². The summed E-state index contributed by atoms with van der Waals surface area (Å²) in [6.07, 6.45) is 2.18. The van der Waals surface area contributed by atoms with Gasteiger partial charge >= 0.3 is 0 Å². The van der Waals surface area contributed by atoms with Gasteiger partial charge in [-0.05, 0) is 29.7 Å². The normalized spacial score (nSPS) is 24.1. The highest BCUT2D eigenvalue weighted by Gasteiger charge is 2.35. The first-order chi connectivity index (χ1) is 9.40. The number of nitrogens with zero attached hydrogens (tertiary/aromatic N) is 1. The molecule has 0 aromatic heterocycles. The van der Waals surface area contributed by atoms with Crippen molar-refractivity contribution in [2.24, 2.45) is 4.99 Å². The first kappa shape index (κ1) is 10.8. The van der Waals surface area contributed by atoms with Crippen molar-refractivity contribution in [1.29, 1.82) is 0 Å². The third-order valence-electron chi connectivity index (χ3n) is 3.96. The molecule has 0 saturated heterocycles. The van der Waals surface area contributed by atoms with E-state index in [1.807, 2.05) is 18.2 Å². The molecule has 0 spiro atoms. The van der Waals surface area contributed by atoms with E-state index in [1.165, 1.54) is 11.1 Å². The molecule has 4 rings (SSSR count). The zero-order valence-electron chi connectivity index (χ0n) is 10.6. The van der Waals surface area contributed by atoms with Crippen molar-refractivity contribution in [2.75, 3.05) is 0 Å². The molecule has 1 heterocycles. The van der Waals surface area contributed by atoms with Crippen LogP contribution < -0.4 is 0 Å². The van der Waals surface area contributed by atoms with Crippen LogP contribution in [0.25, 0.3) is 0 Å². The van der Waals surface area contributed by atoms with E-state index in [4.69, 9.17) is 9.73 Å². The molecule has 0 fully saturated rings. The van der Waals surface area contributed by atoms with Crippen molar-refractivity contribution >= 4 is 5.90 Å². The van der Waals surface area contributed by atoms with Crippen LogP contribution in [-0.2, 0) is 17.6 Å². The van der Waals surface area contributed by atoms with Gasteiger partial charge in [0.1, 0.15) is 6.10 Å². The highest BCUT2D eigenvalue weighted by atomic mass is 16.5. The standard InChI is InChI=1S/C17H15NO/c1-2-6-12(7-3-1)17-18-15-10-13-8-4-5-9-14(13)11-16(15)19-17/h1-9,15-16H,10-11H2/t15-,16-/m1/s1. The predicted molar refractivity (Wildman–Crippen MR) is 75.5 cm³/mol. The molecule has 0 unspecified atom stereocenters. The Bertz CT molecular complexity index is 633. The van der Waals surface area contributed by atoms with E-state index < -0.39 is 0 Å². The molecule has 19 heavy (non-hydrogen) atoms. The molecule has 0 N–H and O–H groups in total. The van der Waals surface area contributed by atoms with Gasteiger partial charge in [-0.1, -0.05) is 42.5 Å². The molecule has 2 aliphatic rings. The minimum atomic E-state index is 0.213. The number of hydrogen-bond donors (Lipinski definition) is 0. The Hall–Kier alpha value is -2.09. The van der Waals surface area contributed by atoms with Crippen LogP contribution in [0.2, 0.25) is 0 Å². The van der Waals surface area contributed by atoms with Crippen LogP contribution in [-0.4, -0.2) is 18.0 Å². The van der Waals surface area contributed by atoms with Crippen LogP contribution in [0.4, 0.5) is 0 Å². The highest BCUT2D eigenvalue weighted by Crippen LogP contribution is 2.30. The van der Waals surface area contributed by atoms with E-state index in [1.54, 1.807) is 0 Å². The molecule has 0 amide bonds. The van der Waals surface area contributed by atoms with E-state index in [-0.39, 0.29) is 12.1 Å². The van der Waals surface area contributed by atoms with Crippen LogP contribution >= 0.6 is 0 Å². The van der Waals surface area contributed by atoms with Crippen molar-refractivity contribution in [3.05, 3.63) is 71.3 Å². The number of hydrogen-bond acceptors (Lipinski definition) is 2. The van der Waals surface area contributed by atoms with Crippen molar-refractivity contribution in [2.45, 2.75) is 25.0 Å². The van der Waals surface area contributed by atoms with Crippen LogP contribution in [0.1, 0.15) is 16.7 Å². The lowest BCUT2D eigenvalue weighted by molar-refractivity contribution is 0.184. The monoisotopic (exact) mass is 249 g/mol. The molecular formula is C17H15NO. The summed E-state index contributed by atoms with van der Waals surface area (Å²) < 4.78 is 6.06.